The molecule has 0 saturated heterocycles. The zero-order valence-electron chi connectivity index (χ0n) is 9.20. The molecule has 1 N–H and O–H groups in total. The molecule has 6 heteroatoms. The van der Waals surface area contributed by atoms with Gasteiger partial charge in [-0.05, 0) is 6.07 Å². The number of benzene rings is 1. The van der Waals surface area contributed by atoms with Crippen LogP contribution in [-0.4, -0.2) is 10.2 Å². The first kappa shape index (κ1) is 11.7. The summed E-state index contributed by atoms with van der Waals surface area (Å²) in [7, 11) is 0. The first-order chi connectivity index (χ1) is 8.15. The van der Waals surface area contributed by atoms with Gasteiger partial charge < -0.3 is 9.73 Å². The van der Waals surface area contributed by atoms with Gasteiger partial charge in [-0.2, -0.15) is 0 Å². The predicted octanol–water partition coefficient (Wildman–Crippen LogP) is 1.95. The lowest BCUT2D eigenvalue weighted by molar-refractivity contribution is 0.444. The number of rotatable bonds is 4. The second kappa shape index (κ2) is 5.01. The molecule has 0 bridgehead atoms. The molecular formula is C11H11F2N3O. The molecule has 2 rings (SSSR count). The van der Waals surface area contributed by atoms with Crippen molar-refractivity contribution in [2.45, 2.75) is 20.0 Å². The number of nitrogens with one attached hydrogen (secondary N) is 1. The quantitative estimate of drug-likeness (QED) is 0.885. The van der Waals surface area contributed by atoms with Crippen LogP contribution in [0.15, 0.2) is 22.6 Å². The van der Waals surface area contributed by atoms with E-state index in [-0.39, 0.29) is 6.54 Å². The molecule has 0 radical (unpaired) electrons. The molecule has 2 aromatic rings. The Morgan fingerprint density at radius 2 is 2.06 bits per heavy atom. The Kier molecular flexibility index (Phi) is 3.43. The minimum absolute atomic E-state index is 0.271. The maximum Gasteiger partial charge on any atom is 0.230 e. The highest BCUT2D eigenvalue weighted by atomic mass is 19.1. The second-order valence-electron chi connectivity index (χ2n) is 3.55. The summed E-state index contributed by atoms with van der Waals surface area (Å²) in [5.74, 6) is -0.238. The molecule has 90 valence electrons. The SMILES string of the molecule is Cc1nnc(CNCc2ccc(F)cc2F)o1. The first-order valence-corrected chi connectivity index (χ1v) is 5.09. The van der Waals surface area contributed by atoms with Gasteiger partial charge in [0.1, 0.15) is 11.6 Å². The molecule has 17 heavy (non-hydrogen) atoms. The number of halogens is 2. The summed E-state index contributed by atoms with van der Waals surface area (Å²) in [5.41, 5.74) is 0.391. The van der Waals surface area contributed by atoms with E-state index in [0.717, 1.165) is 6.07 Å². The normalized spacial score (nSPS) is 10.8. The predicted molar refractivity (Wildman–Crippen MR) is 55.9 cm³/mol. The molecule has 1 heterocycles. The van der Waals surface area contributed by atoms with Gasteiger partial charge in [0.05, 0.1) is 6.54 Å². The molecule has 1 aromatic heterocycles. The van der Waals surface area contributed by atoms with Gasteiger partial charge in [-0.15, -0.1) is 10.2 Å². The van der Waals surface area contributed by atoms with Crippen molar-refractivity contribution in [3.63, 3.8) is 0 Å². The molecule has 0 unspecified atom stereocenters. The molecule has 0 aliphatic heterocycles. The van der Waals surface area contributed by atoms with Crippen molar-refractivity contribution < 1.29 is 13.2 Å². The van der Waals surface area contributed by atoms with Gasteiger partial charge in [0.15, 0.2) is 0 Å². The summed E-state index contributed by atoms with van der Waals surface area (Å²) in [6.45, 7) is 2.31. The van der Waals surface area contributed by atoms with Crippen molar-refractivity contribution >= 4 is 0 Å². The lowest BCUT2D eigenvalue weighted by Gasteiger charge is -2.03. The van der Waals surface area contributed by atoms with Crippen LogP contribution in [0.1, 0.15) is 17.3 Å². The summed E-state index contributed by atoms with van der Waals surface area (Å²) in [6, 6.07) is 3.47. The van der Waals surface area contributed by atoms with E-state index in [2.05, 4.69) is 15.5 Å². The van der Waals surface area contributed by atoms with Gasteiger partial charge in [0.2, 0.25) is 11.8 Å². The van der Waals surface area contributed by atoms with Crippen LogP contribution in [0.3, 0.4) is 0 Å². The molecule has 0 saturated carbocycles. The van der Waals surface area contributed by atoms with E-state index < -0.39 is 11.6 Å². The van der Waals surface area contributed by atoms with Crippen LogP contribution in [0.25, 0.3) is 0 Å². The number of aryl methyl sites for hydroxylation is 1. The van der Waals surface area contributed by atoms with Crippen LogP contribution in [0.2, 0.25) is 0 Å². The van der Waals surface area contributed by atoms with Gasteiger partial charge >= 0.3 is 0 Å². The van der Waals surface area contributed by atoms with Crippen molar-refractivity contribution in [2.75, 3.05) is 0 Å². The average molecular weight is 239 g/mol. The number of nitrogens with zero attached hydrogens (tertiary/aromatic N) is 2. The Labute approximate surface area is 96.7 Å². The van der Waals surface area contributed by atoms with Gasteiger partial charge in [-0.25, -0.2) is 8.78 Å². The van der Waals surface area contributed by atoms with Gasteiger partial charge in [0, 0.05) is 25.1 Å². The Morgan fingerprint density at radius 1 is 1.24 bits per heavy atom. The summed E-state index contributed by atoms with van der Waals surface area (Å²) < 4.78 is 31.0. The highest BCUT2D eigenvalue weighted by molar-refractivity contribution is 5.18. The first-order valence-electron chi connectivity index (χ1n) is 5.09. The molecule has 0 atom stereocenters. The minimum Gasteiger partial charge on any atom is -0.424 e. The van der Waals surface area contributed by atoms with E-state index in [1.807, 2.05) is 0 Å². The maximum absolute atomic E-state index is 13.2. The Hall–Kier alpha value is -1.82. The van der Waals surface area contributed by atoms with Gasteiger partial charge in [-0.3, -0.25) is 0 Å². The number of hydrogen-bond acceptors (Lipinski definition) is 4. The molecule has 0 spiro atoms. The highest BCUT2D eigenvalue weighted by Crippen LogP contribution is 2.09. The van der Waals surface area contributed by atoms with Crippen molar-refractivity contribution in [1.29, 1.82) is 0 Å². The van der Waals surface area contributed by atoms with Crippen molar-refractivity contribution in [2.24, 2.45) is 0 Å². The Bertz CT molecular complexity index is 513. The molecule has 0 aliphatic carbocycles. The van der Waals surface area contributed by atoms with E-state index in [4.69, 9.17) is 4.42 Å². The molecule has 4 nitrogen and oxygen atoms in total. The van der Waals surface area contributed by atoms with E-state index >= 15 is 0 Å². The minimum atomic E-state index is -0.584. The van der Waals surface area contributed by atoms with Crippen molar-refractivity contribution in [1.82, 2.24) is 15.5 Å². The van der Waals surface area contributed by atoms with Crippen LogP contribution in [0.4, 0.5) is 8.78 Å². The average Bonchev–Trinajstić information content (AvgIpc) is 2.68. The smallest absolute Gasteiger partial charge is 0.230 e. The summed E-state index contributed by atoms with van der Waals surface area (Å²) >= 11 is 0. The van der Waals surface area contributed by atoms with Crippen LogP contribution >= 0.6 is 0 Å². The molecule has 0 fully saturated rings. The van der Waals surface area contributed by atoms with Crippen molar-refractivity contribution in [3.8, 4) is 0 Å². The van der Waals surface area contributed by atoms with Crippen LogP contribution in [0.5, 0.6) is 0 Å². The summed E-state index contributed by atoms with van der Waals surface area (Å²) in [6.07, 6.45) is 0. The fourth-order valence-corrected chi connectivity index (χ4v) is 1.38. The molecule has 1 aromatic carbocycles. The largest absolute Gasteiger partial charge is 0.424 e. The summed E-state index contributed by atoms with van der Waals surface area (Å²) in [5, 5.41) is 10.4. The summed E-state index contributed by atoms with van der Waals surface area (Å²) in [4.78, 5) is 0. The van der Waals surface area contributed by atoms with E-state index in [0.29, 0.717) is 23.9 Å². The second-order valence-corrected chi connectivity index (χ2v) is 3.55. The van der Waals surface area contributed by atoms with E-state index in [1.165, 1.54) is 12.1 Å². The fourth-order valence-electron chi connectivity index (χ4n) is 1.38. The third-order valence-electron chi connectivity index (χ3n) is 2.17. The molecule has 0 amide bonds. The number of hydrogen-bond donors (Lipinski definition) is 1. The fraction of sp³-hybridized carbons (Fsp3) is 0.273. The Balaban J connectivity index is 1.90. The van der Waals surface area contributed by atoms with Crippen LogP contribution in [-0.2, 0) is 13.1 Å². The van der Waals surface area contributed by atoms with E-state index in [9.17, 15) is 8.78 Å². The number of aromatic nitrogens is 2. The monoisotopic (exact) mass is 239 g/mol. The highest BCUT2D eigenvalue weighted by Gasteiger charge is 2.05. The standard InChI is InChI=1S/C11H11F2N3O/c1-7-15-16-11(17-7)6-14-5-8-2-3-9(12)4-10(8)13/h2-4,14H,5-6H2,1H3. The van der Waals surface area contributed by atoms with Crippen molar-refractivity contribution in [3.05, 3.63) is 47.2 Å². The van der Waals surface area contributed by atoms with Crippen LogP contribution in [0, 0.1) is 18.6 Å². The van der Waals surface area contributed by atoms with Gasteiger partial charge in [0.25, 0.3) is 0 Å². The third kappa shape index (κ3) is 3.07. The van der Waals surface area contributed by atoms with Gasteiger partial charge in [-0.1, -0.05) is 6.07 Å². The maximum atomic E-state index is 13.2. The third-order valence-corrected chi connectivity index (χ3v) is 2.17. The zero-order valence-corrected chi connectivity index (χ0v) is 9.20. The Morgan fingerprint density at radius 3 is 2.71 bits per heavy atom. The molecule has 0 aliphatic rings. The zero-order chi connectivity index (χ0) is 12.3. The lowest BCUT2D eigenvalue weighted by Crippen LogP contribution is -2.14. The molecular weight excluding hydrogens is 228 g/mol. The van der Waals surface area contributed by atoms with E-state index in [1.54, 1.807) is 6.92 Å². The topological polar surface area (TPSA) is 51.0 Å². The van der Waals surface area contributed by atoms with Crippen LogP contribution < -0.4 is 5.32 Å². The lowest BCUT2D eigenvalue weighted by atomic mass is 10.2.